The maximum Gasteiger partial charge on any atom is 0.290 e. The van der Waals surface area contributed by atoms with E-state index in [2.05, 4.69) is 10.3 Å². The Morgan fingerprint density at radius 3 is 2.52 bits per heavy atom. The van der Waals surface area contributed by atoms with Gasteiger partial charge in [-0.05, 0) is 24.3 Å². The van der Waals surface area contributed by atoms with Crippen molar-refractivity contribution in [2.45, 2.75) is 17.0 Å². The van der Waals surface area contributed by atoms with E-state index in [4.69, 9.17) is 35.7 Å². The van der Waals surface area contributed by atoms with Crippen LogP contribution >= 0.6 is 11.6 Å². The molecule has 11 nitrogen and oxygen atoms in total. The molecule has 238 valence electrons. The molecule has 0 amide bonds. The van der Waals surface area contributed by atoms with Crippen LogP contribution in [0.2, 0.25) is 5.02 Å². The summed E-state index contributed by atoms with van der Waals surface area (Å²) in [6, 6.07) is 8.96. The molecular weight excluding hydrogens is 629 g/mol. The highest BCUT2D eigenvalue weighted by Gasteiger charge is 2.51. The van der Waals surface area contributed by atoms with Crippen molar-refractivity contribution in [3.8, 4) is 11.5 Å². The number of carbonyl (C=O) groups is 1. The van der Waals surface area contributed by atoms with Crippen LogP contribution in [0.25, 0.3) is 0 Å². The molecule has 1 aromatic heterocycles. The molecule has 3 aromatic rings. The van der Waals surface area contributed by atoms with Crippen LogP contribution in [0, 0.1) is 23.5 Å². The van der Waals surface area contributed by atoms with Crippen molar-refractivity contribution in [2.24, 2.45) is 5.92 Å². The number of fused-ring (bicyclic) bond motifs is 1. The van der Waals surface area contributed by atoms with Gasteiger partial charge in [0, 0.05) is 56.9 Å². The lowest BCUT2D eigenvalue weighted by Gasteiger charge is -2.28. The Balaban J connectivity index is 0.00000141. The summed E-state index contributed by atoms with van der Waals surface area (Å²) in [5.41, 5.74) is -0.245. The third kappa shape index (κ3) is 6.22. The molecule has 0 saturated carbocycles. The van der Waals surface area contributed by atoms with Crippen LogP contribution in [0.15, 0.2) is 47.4 Å². The number of halogens is 4. The van der Waals surface area contributed by atoms with Gasteiger partial charge >= 0.3 is 0 Å². The van der Waals surface area contributed by atoms with Crippen molar-refractivity contribution < 1.29 is 45.7 Å². The minimum Gasteiger partial charge on any atom is -0.497 e. The van der Waals surface area contributed by atoms with Crippen molar-refractivity contribution in [3.05, 3.63) is 70.6 Å². The van der Waals surface area contributed by atoms with Crippen LogP contribution in [0.1, 0.15) is 5.56 Å². The van der Waals surface area contributed by atoms with E-state index in [1.165, 1.54) is 38.5 Å². The van der Waals surface area contributed by atoms with Crippen LogP contribution in [0.4, 0.5) is 24.7 Å². The van der Waals surface area contributed by atoms with Crippen LogP contribution in [0.3, 0.4) is 0 Å². The van der Waals surface area contributed by atoms with Gasteiger partial charge in [-0.2, -0.15) is 4.39 Å². The van der Waals surface area contributed by atoms with E-state index in [9.17, 15) is 12.8 Å². The predicted octanol–water partition coefficient (Wildman–Crippen LogP) is 3.69. The number of nitrogens with one attached hydrogen (secondary N) is 1. The zero-order valence-electron chi connectivity index (χ0n) is 23.9. The molecule has 2 aromatic carbocycles. The van der Waals surface area contributed by atoms with Gasteiger partial charge in [-0.3, -0.25) is 4.79 Å². The van der Waals surface area contributed by atoms with Crippen molar-refractivity contribution in [3.63, 3.8) is 0 Å². The van der Waals surface area contributed by atoms with Gasteiger partial charge in [0.05, 0.1) is 26.5 Å². The van der Waals surface area contributed by atoms with E-state index in [-0.39, 0.29) is 23.8 Å². The molecule has 3 heterocycles. The summed E-state index contributed by atoms with van der Waals surface area (Å²) in [6.07, 6.45) is 0. The van der Waals surface area contributed by atoms with Crippen molar-refractivity contribution in [1.29, 1.82) is 0 Å². The molecule has 0 radical (unpaired) electrons. The largest absolute Gasteiger partial charge is 0.497 e. The topological polar surface area (TPSA) is 131 Å². The van der Waals surface area contributed by atoms with Gasteiger partial charge in [-0.1, -0.05) is 17.7 Å². The molecule has 2 aliphatic heterocycles. The molecule has 0 unspecified atom stereocenters. The second-order valence-corrected chi connectivity index (χ2v) is 12.1. The van der Waals surface area contributed by atoms with Crippen LogP contribution in [-0.2, 0) is 26.1 Å². The quantitative estimate of drug-likeness (QED) is 0.199. The van der Waals surface area contributed by atoms with Gasteiger partial charge in [-0.15, -0.1) is 0 Å². The Morgan fingerprint density at radius 2 is 1.91 bits per heavy atom. The number of pyridine rings is 1. The van der Waals surface area contributed by atoms with Gasteiger partial charge in [0.1, 0.15) is 33.8 Å². The molecule has 44 heavy (non-hydrogen) atoms. The fourth-order valence-electron chi connectivity index (χ4n) is 5.45. The lowest BCUT2D eigenvalue weighted by molar-refractivity contribution is -0.122. The van der Waals surface area contributed by atoms with E-state index in [0.29, 0.717) is 41.8 Å². The summed E-state index contributed by atoms with van der Waals surface area (Å²) < 4.78 is 90.6. The molecule has 2 aliphatic rings. The monoisotopic (exact) mass is 658 g/mol. The number of ether oxygens (including phenoxy) is 3. The normalized spacial score (nSPS) is 19.2. The predicted molar refractivity (Wildman–Crippen MR) is 155 cm³/mol. The Kier molecular flexibility index (Phi) is 10.1. The summed E-state index contributed by atoms with van der Waals surface area (Å²) in [5, 5.41) is 9.59. The molecule has 0 bridgehead atoms. The maximum atomic E-state index is 15.9. The first-order valence-electron chi connectivity index (χ1n) is 13.1. The standard InChI is InChI=1S/C27H28ClF3N4O5S.CH2O2/c1-38-18-8-7-16(21(9-18)39-2)12-35(23-6-4-5-22(30)33-23)41(36,37)26-19(29)10-20(24(28)25(26)31)34-13-17-11-32-14-27(17,15-34)40-3;2-1-3/h4-10,17,32H,11-15H2,1-3H3;1H,(H,2,3)/t17-,27+;/m1./s1. The van der Waals surface area contributed by atoms with Crippen LogP contribution in [0.5, 0.6) is 11.5 Å². The molecule has 5 rings (SSSR count). The summed E-state index contributed by atoms with van der Waals surface area (Å²) in [5.74, 6) is -3.49. The van der Waals surface area contributed by atoms with Crippen molar-refractivity contribution in [1.82, 2.24) is 10.3 Å². The first-order chi connectivity index (χ1) is 21.0. The Bertz CT molecular complexity index is 1630. The number of nitrogens with zero attached hydrogens (tertiary/aromatic N) is 3. The van der Waals surface area contributed by atoms with Gasteiger partial charge in [-0.25, -0.2) is 26.5 Å². The Hall–Kier alpha value is -3.79. The Labute approximate surface area is 257 Å². The average Bonchev–Trinajstić information content (AvgIpc) is 3.56. The third-order valence-corrected chi connectivity index (χ3v) is 9.76. The highest BCUT2D eigenvalue weighted by atomic mass is 35.5. The van der Waals surface area contributed by atoms with E-state index in [1.54, 1.807) is 18.1 Å². The van der Waals surface area contributed by atoms with E-state index in [1.807, 2.05) is 0 Å². The lowest BCUT2D eigenvalue weighted by atomic mass is 9.95. The summed E-state index contributed by atoms with van der Waals surface area (Å²) in [4.78, 5) is 12.4. The zero-order chi connectivity index (χ0) is 32.2. The van der Waals surface area contributed by atoms with Crippen LogP contribution < -0.4 is 24.0 Å². The molecule has 2 fully saturated rings. The van der Waals surface area contributed by atoms with Crippen molar-refractivity contribution >= 4 is 39.6 Å². The second-order valence-electron chi connectivity index (χ2n) is 9.93. The fraction of sp³-hybridized carbons (Fsp3) is 0.357. The number of sulfonamides is 1. The highest BCUT2D eigenvalue weighted by molar-refractivity contribution is 7.92. The third-order valence-electron chi connectivity index (χ3n) is 7.61. The number of anilines is 2. The second kappa shape index (κ2) is 13.5. The molecular formula is C28H30ClF3N4O7S. The number of carboxylic acid groups (broad SMARTS) is 1. The van der Waals surface area contributed by atoms with E-state index >= 15 is 8.78 Å². The molecule has 0 spiro atoms. The van der Waals surface area contributed by atoms with Gasteiger partial charge in [0.2, 0.25) is 5.95 Å². The number of methoxy groups -OCH3 is 3. The summed E-state index contributed by atoms with van der Waals surface area (Å²) in [6.45, 7) is 1.18. The number of aromatic nitrogens is 1. The van der Waals surface area contributed by atoms with Gasteiger partial charge in [0.25, 0.3) is 16.5 Å². The van der Waals surface area contributed by atoms with Gasteiger partial charge in [0.15, 0.2) is 10.7 Å². The maximum absolute atomic E-state index is 15.9. The van der Waals surface area contributed by atoms with E-state index in [0.717, 1.165) is 12.1 Å². The fourth-order valence-corrected chi connectivity index (χ4v) is 7.29. The van der Waals surface area contributed by atoms with Crippen LogP contribution in [-0.4, -0.2) is 78.1 Å². The van der Waals surface area contributed by atoms with E-state index < -0.39 is 55.5 Å². The summed E-state index contributed by atoms with van der Waals surface area (Å²) in [7, 11) is -0.645. The minimum atomic E-state index is -5.04. The number of hydrogen-bond donors (Lipinski definition) is 2. The SMILES string of the molecule is COc1ccc(CN(c2cccc(F)n2)S(=O)(=O)c2c(F)cc(N3C[C@H]4CNC[C@]4(OC)C3)c(Cl)c2F)c(OC)c1.O=CO. The number of rotatable bonds is 9. The average molecular weight is 659 g/mol. The molecule has 2 N–H and O–H groups in total. The number of benzene rings is 2. The first-order valence-corrected chi connectivity index (χ1v) is 14.9. The highest BCUT2D eigenvalue weighted by Crippen LogP contribution is 2.42. The molecule has 0 aliphatic carbocycles. The smallest absolute Gasteiger partial charge is 0.290 e. The zero-order valence-corrected chi connectivity index (χ0v) is 25.5. The van der Waals surface area contributed by atoms with Gasteiger partial charge < -0.3 is 29.5 Å². The molecule has 2 atom stereocenters. The lowest BCUT2D eigenvalue weighted by Crippen LogP contribution is -2.41. The molecule has 16 heteroatoms. The summed E-state index contributed by atoms with van der Waals surface area (Å²) >= 11 is 6.39. The first kappa shape index (κ1) is 33.1. The minimum absolute atomic E-state index is 0.0127. The molecule has 2 saturated heterocycles. The number of hydrogen-bond acceptors (Lipinski definition) is 9. The van der Waals surface area contributed by atoms with Crippen molar-refractivity contribution in [2.75, 3.05) is 56.7 Å². The Morgan fingerprint density at radius 1 is 1.18 bits per heavy atom.